The van der Waals surface area contributed by atoms with E-state index < -0.39 is 0 Å². The van der Waals surface area contributed by atoms with Crippen molar-refractivity contribution in [3.05, 3.63) is 34.6 Å². The average molecular weight is 302 g/mol. The van der Waals surface area contributed by atoms with Crippen molar-refractivity contribution in [3.63, 3.8) is 0 Å². The van der Waals surface area contributed by atoms with Gasteiger partial charge in [-0.1, -0.05) is 31.5 Å². The maximum atomic E-state index is 13.5. The number of likely N-dealkylation sites (N-methyl/N-ethyl adjacent to an activating group) is 1. The normalized spacial score (nSPS) is 13.8. The van der Waals surface area contributed by atoms with Gasteiger partial charge in [0.1, 0.15) is 5.82 Å². The lowest BCUT2D eigenvalue weighted by molar-refractivity contribution is 0.0912. The van der Waals surface area contributed by atoms with Crippen LogP contribution in [0.3, 0.4) is 0 Å². The summed E-state index contributed by atoms with van der Waals surface area (Å²) < 4.78 is 13.5. The molecule has 0 bridgehead atoms. The summed E-state index contributed by atoms with van der Waals surface area (Å²) in [7, 11) is 0. The third kappa shape index (κ3) is 3.92. The Hall–Kier alpha value is -0.680. The van der Waals surface area contributed by atoms with Crippen LogP contribution in [0.2, 0.25) is 5.02 Å². The molecular weight excluding hydrogens is 277 g/mol. The summed E-state index contributed by atoms with van der Waals surface area (Å²) in [5, 5.41) is 0.147. The molecule has 1 unspecified atom stereocenters. The molecule has 0 saturated carbocycles. The van der Waals surface area contributed by atoms with E-state index in [0.29, 0.717) is 6.42 Å². The fraction of sp³-hybridized carbons (Fsp3) is 0.600. The molecule has 1 aromatic rings. The number of benzene rings is 1. The average Bonchev–Trinajstić information content (AvgIpc) is 2.40. The van der Waals surface area contributed by atoms with E-state index in [1.807, 2.05) is 6.07 Å². The Labute approximate surface area is 126 Å². The first-order chi connectivity index (χ1) is 9.36. The van der Waals surface area contributed by atoms with Gasteiger partial charge in [0.15, 0.2) is 0 Å². The quantitative estimate of drug-likeness (QED) is 0.601. The zero-order valence-corrected chi connectivity index (χ0v) is 13.5. The molecule has 0 heterocycles. The first-order valence-electron chi connectivity index (χ1n) is 7.01. The first kappa shape index (κ1) is 17.4. The monoisotopic (exact) mass is 301 g/mol. The lowest BCUT2D eigenvalue weighted by atomic mass is 9.88. The lowest BCUT2D eigenvalue weighted by Crippen LogP contribution is -2.60. The zero-order chi connectivity index (χ0) is 15.3. The predicted octanol–water partition coefficient (Wildman–Crippen LogP) is 2.97. The van der Waals surface area contributed by atoms with Crippen LogP contribution in [-0.2, 0) is 6.42 Å². The molecule has 0 fully saturated rings. The van der Waals surface area contributed by atoms with Crippen LogP contribution in [0.4, 0.5) is 4.39 Å². The molecule has 3 N–H and O–H groups in total. The van der Waals surface area contributed by atoms with Crippen LogP contribution in [0.5, 0.6) is 0 Å². The van der Waals surface area contributed by atoms with Crippen LogP contribution in [0.25, 0.3) is 0 Å². The number of nitrogens with one attached hydrogen (secondary N) is 1. The number of nitrogens with zero attached hydrogens (tertiary/aromatic N) is 1. The molecule has 114 valence electrons. The van der Waals surface area contributed by atoms with E-state index in [2.05, 4.69) is 38.0 Å². The van der Waals surface area contributed by atoms with Crippen molar-refractivity contribution in [1.29, 1.82) is 0 Å². The molecular formula is C15H25ClFN3. The fourth-order valence-corrected chi connectivity index (χ4v) is 2.79. The van der Waals surface area contributed by atoms with Gasteiger partial charge in [-0.3, -0.25) is 16.2 Å². The van der Waals surface area contributed by atoms with Crippen molar-refractivity contribution in [1.82, 2.24) is 10.3 Å². The fourth-order valence-electron chi connectivity index (χ4n) is 2.67. The van der Waals surface area contributed by atoms with Crippen LogP contribution >= 0.6 is 11.6 Å². The molecule has 0 spiro atoms. The van der Waals surface area contributed by atoms with E-state index in [0.717, 1.165) is 18.7 Å². The lowest BCUT2D eigenvalue weighted by Gasteiger charge is -2.43. The largest absolute Gasteiger partial charge is 0.297 e. The maximum absolute atomic E-state index is 13.5. The minimum absolute atomic E-state index is 0.0166. The van der Waals surface area contributed by atoms with E-state index in [4.69, 9.17) is 17.4 Å². The highest BCUT2D eigenvalue weighted by Crippen LogP contribution is 2.23. The van der Waals surface area contributed by atoms with Gasteiger partial charge in [-0.25, -0.2) is 4.39 Å². The van der Waals surface area contributed by atoms with Crippen LogP contribution in [-0.4, -0.2) is 29.6 Å². The molecule has 3 nitrogen and oxygen atoms in total. The Morgan fingerprint density at radius 2 is 1.95 bits per heavy atom. The molecule has 1 aromatic carbocycles. The molecule has 0 aliphatic carbocycles. The van der Waals surface area contributed by atoms with Crippen molar-refractivity contribution in [3.8, 4) is 0 Å². The standard InChI is InChI=1S/C15H25ClFN3/c1-5-20(6-2)15(3,4)14(19-18)10-11-7-8-12(16)13(17)9-11/h7-9,14,19H,5-6,10,18H2,1-4H3. The summed E-state index contributed by atoms with van der Waals surface area (Å²) in [5.74, 6) is 5.34. The SMILES string of the molecule is CCN(CC)C(C)(C)C(Cc1ccc(Cl)c(F)c1)NN. The Morgan fingerprint density at radius 3 is 2.40 bits per heavy atom. The van der Waals surface area contributed by atoms with E-state index in [-0.39, 0.29) is 22.4 Å². The first-order valence-corrected chi connectivity index (χ1v) is 7.39. The summed E-state index contributed by atoms with van der Waals surface area (Å²) in [6.07, 6.45) is 0.647. The van der Waals surface area contributed by atoms with Crippen LogP contribution in [0.15, 0.2) is 18.2 Å². The number of hydrogen-bond donors (Lipinski definition) is 2. The Kier molecular flexibility index (Phi) is 6.40. The molecule has 0 radical (unpaired) electrons. The van der Waals surface area contributed by atoms with Gasteiger partial charge in [0, 0.05) is 11.6 Å². The molecule has 0 aromatic heterocycles. The third-order valence-corrected chi connectivity index (χ3v) is 4.36. The second kappa shape index (κ2) is 7.36. The number of halogens is 2. The van der Waals surface area contributed by atoms with Gasteiger partial charge in [-0.15, -0.1) is 0 Å². The van der Waals surface area contributed by atoms with Crippen molar-refractivity contribution < 1.29 is 4.39 Å². The van der Waals surface area contributed by atoms with Gasteiger partial charge in [0.25, 0.3) is 0 Å². The van der Waals surface area contributed by atoms with Crippen molar-refractivity contribution >= 4 is 11.6 Å². The highest BCUT2D eigenvalue weighted by Gasteiger charge is 2.33. The van der Waals surface area contributed by atoms with Gasteiger partial charge in [-0.2, -0.15) is 0 Å². The molecule has 20 heavy (non-hydrogen) atoms. The molecule has 5 heteroatoms. The minimum atomic E-state index is -0.388. The summed E-state index contributed by atoms with van der Waals surface area (Å²) in [6.45, 7) is 10.4. The number of hydrazine groups is 1. The molecule has 0 aliphatic heterocycles. The summed E-state index contributed by atoms with van der Waals surface area (Å²) >= 11 is 5.71. The van der Waals surface area contributed by atoms with E-state index in [1.54, 1.807) is 6.07 Å². The maximum Gasteiger partial charge on any atom is 0.142 e. The molecule has 1 atom stereocenters. The van der Waals surface area contributed by atoms with Crippen molar-refractivity contribution in [2.45, 2.75) is 45.7 Å². The smallest absolute Gasteiger partial charge is 0.142 e. The minimum Gasteiger partial charge on any atom is -0.297 e. The Bertz CT molecular complexity index is 433. The van der Waals surface area contributed by atoms with E-state index in [9.17, 15) is 4.39 Å². The van der Waals surface area contributed by atoms with Gasteiger partial charge in [-0.05, 0) is 51.1 Å². The van der Waals surface area contributed by atoms with Crippen LogP contribution < -0.4 is 11.3 Å². The molecule has 1 rings (SSSR count). The third-order valence-electron chi connectivity index (χ3n) is 4.06. The van der Waals surface area contributed by atoms with Crippen molar-refractivity contribution in [2.24, 2.45) is 5.84 Å². The topological polar surface area (TPSA) is 41.3 Å². The zero-order valence-electron chi connectivity index (χ0n) is 12.7. The molecule has 0 aliphatic rings. The van der Waals surface area contributed by atoms with Gasteiger partial charge in [0.2, 0.25) is 0 Å². The predicted molar refractivity (Wildman–Crippen MR) is 83.2 cm³/mol. The van der Waals surface area contributed by atoms with Gasteiger partial charge < -0.3 is 0 Å². The van der Waals surface area contributed by atoms with E-state index in [1.165, 1.54) is 6.07 Å². The summed E-state index contributed by atoms with van der Waals surface area (Å²) in [5.41, 5.74) is 3.63. The Morgan fingerprint density at radius 1 is 1.35 bits per heavy atom. The molecule has 0 saturated heterocycles. The van der Waals surface area contributed by atoms with Gasteiger partial charge >= 0.3 is 0 Å². The highest BCUT2D eigenvalue weighted by molar-refractivity contribution is 6.30. The molecule has 0 amide bonds. The summed E-state index contributed by atoms with van der Waals surface area (Å²) in [4.78, 5) is 2.34. The second-order valence-electron chi connectivity index (χ2n) is 5.50. The van der Waals surface area contributed by atoms with Crippen molar-refractivity contribution in [2.75, 3.05) is 13.1 Å². The highest BCUT2D eigenvalue weighted by atomic mass is 35.5. The summed E-state index contributed by atoms with van der Waals surface area (Å²) in [6, 6.07) is 4.92. The number of nitrogens with two attached hydrogens (primary N) is 1. The van der Waals surface area contributed by atoms with E-state index >= 15 is 0 Å². The Balaban J connectivity index is 2.93. The van der Waals surface area contributed by atoms with Gasteiger partial charge in [0.05, 0.1) is 5.02 Å². The number of rotatable bonds is 7. The second-order valence-corrected chi connectivity index (χ2v) is 5.90. The van der Waals surface area contributed by atoms with Crippen LogP contribution in [0.1, 0.15) is 33.3 Å². The van der Waals surface area contributed by atoms with Crippen LogP contribution in [0, 0.1) is 5.82 Å². The number of hydrogen-bond acceptors (Lipinski definition) is 3.